The average molecular weight is 373 g/mol. The monoisotopic (exact) mass is 373 g/mol. The lowest BCUT2D eigenvalue weighted by atomic mass is 10.1. The summed E-state index contributed by atoms with van der Waals surface area (Å²) in [7, 11) is 1.30. The third kappa shape index (κ3) is 5.89. The number of anilines is 1. The van der Waals surface area contributed by atoms with Gasteiger partial charge < -0.3 is 15.0 Å². The molecule has 26 heavy (non-hydrogen) atoms. The number of methoxy groups -OCH3 is 1. The second-order valence-electron chi connectivity index (χ2n) is 6.19. The van der Waals surface area contributed by atoms with E-state index in [0.717, 1.165) is 25.1 Å². The van der Waals surface area contributed by atoms with Crippen LogP contribution in [0.3, 0.4) is 0 Å². The summed E-state index contributed by atoms with van der Waals surface area (Å²) in [5.41, 5.74) is -0.784. The zero-order valence-corrected chi connectivity index (χ0v) is 14.5. The highest BCUT2D eigenvalue weighted by Gasteiger charge is 2.31. The van der Waals surface area contributed by atoms with Crippen LogP contribution in [0.2, 0.25) is 0 Å². The van der Waals surface area contributed by atoms with Gasteiger partial charge in [0.2, 0.25) is 5.91 Å². The molecule has 144 valence electrons. The first kappa shape index (κ1) is 20.0. The number of rotatable bonds is 6. The van der Waals surface area contributed by atoms with Crippen LogP contribution in [-0.4, -0.2) is 43.1 Å². The Labute approximate surface area is 149 Å². The molecule has 1 aromatic rings. The summed E-state index contributed by atoms with van der Waals surface area (Å²) in [4.78, 5) is 28.8. The Morgan fingerprint density at radius 1 is 1.35 bits per heavy atom. The van der Waals surface area contributed by atoms with Crippen LogP contribution in [0.15, 0.2) is 18.3 Å². The van der Waals surface area contributed by atoms with Crippen molar-refractivity contribution in [2.24, 2.45) is 0 Å². The van der Waals surface area contributed by atoms with Gasteiger partial charge in [0, 0.05) is 38.2 Å². The smallest absolute Gasteiger partial charge is 0.417 e. The molecule has 1 aromatic heterocycles. The van der Waals surface area contributed by atoms with Crippen molar-refractivity contribution in [3.8, 4) is 0 Å². The van der Waals surface area contributed by atoms with Crippen LogP contribution in [0.1, 0.15) is 37.7 Å². The van der Waals surface area contributed by atoms with E-state index in [1.54, 1.807) is 0 Å². The van der Waals surface area contributed by atoms with Crippen molar-refractivity contribution in [2.45, 2.75) is 44.3 Å². The van der Waals surface area contributed by atoms with Gasteiger partial charge in [0.05, 0.1) is 12.7 Å². The third-order valence-electron chi connectivity index (χ3n) is 4.20. The van der Waals surface area contributed by atoms with E-state index < -0.39 is 11.7 Å². The Hall–Kier alpha value is -2.32. The Kier molecular flexibility index (Phi) is 6.82. The predicted octanol–water partition coefficient (Wildman–Crippen LogP) is 2.53. The molecule has 1 atom stereocenters. The van der Waals surface area contributed by atoms with Gasteiger partial charge in [-0.15, -0.1) is 0 Å². The highest BCUT2D eigenvalue weighted by atomic mass is 19.4. The SMILES string of the molecule is COC(=O)CCCC(=O)N[C@H]1CCCN(c2ccc(C(F)(F)F)cn2)C1. The molecule has 0 bridgehead atoms. The molecular weight excluding hydrogens is 351 g/mol. The summed E-state index contributed by atoms with van der Waals surface area (Å²) in [6.07, 6.45) is -1.16. The van der Waals surface area contributed by atoms with Gasteiger partial charge in [-0.2, -0.15) is 13.2 Å². The summed E-state index contributed by atoms with van der Waals surface area (Å²) >= 11 is 0. The summed E-state index contributed by atoms with van der Waals surface area (Å²) in [6.45, 7) is 1.16. The molecule has 0 aromatic carbocycles. The van der Waals surface area contributed by atoms with E-state index in [9.17, 15) is 22.8 Å². The molecule has 0 aliphatic carbocycles. The van der Waals surface area contributed by atoms with Gasteiger partial charge in [0.25, 0.3) is 0 Å². The molecule has 9 heteroatoms. The zero-order valence-electron chi connectivity index (χ0n) is 14.5. The summed E-state index contributed by atoms with van der Waals surface area (Å²) in [5, 5.41) is 2.91. The van der Waals surface area contributed by atoms with Gasteiger partial charge in [0.15, 0.2) is 0 Å². The fraction of sp³-hybridized carbons (Fsp3) is 0.588. The minimum atomic E-state index is -4.41. The van der Waals surface area contributed by atoms with Crippen molar-refractivity contribution >= 4 is 17.7 Å². The van der Waals surface area contributed by atoms with Crippen molar-refractivity contribution < 1.29 is 27.5 Å². The van der Waals surface area contributed by atoms with Gasteiger partial charge in [-0.3, -0.25) is 9.59 Å². The summed E-state index contributed by atoms with van der Waals surface area (Å²) in [5.74, 6) is -0.0428. The number of alkyl halides is 3. The number of nitrogens with one attached hydrogen (secondary N) is 1. The van der Waals surface area contributed by atoms with Gasteiger partial charge in [-0.1, -0.05) is 0 Å². The Morgan fingerprint density at radius 3 is 2.73 bits per heavy atom. The van der Waals surface area contributed by atoms with E-state index in [0.29, 0.717) is 25.3 Å². The van der Waals surface area contributed by atoms with Crippen LogP contribution in [-0.2, 0) is 20.5 Å². The maximum atomic E-state index is 12.6. The number of amides is 1. The molecule has 1 amide bonds. The number of pyridine rings is 1. The van der Waals surface area contributed by atoms with E-state index in [4.69, 9.17) is 0 Å². The molecule has 1 aliphatic heterocycles. The van der Waals surface area contributed by atoms with Crippen molar-refractivity contribution in [1.82, 2.24) is 10.3 Å². The maximum Gasteiger partial charge on any atom is 0.417 e. The second kappa shape index (κ2) is 8.86. The summed E-state index contributed by atoms with van der Waals surface area (Å²) in [6, 6.07) is 2.26. The molecule has 0 saturated carbocycles. The minimum absolute atomic E-state index is 0.0986. The lowest BCUT2D eigenvalue weighted by Gasteiger charge is -2.34. The number of piperidine rings is 1. The van der Waals surface area contributed by atoms with E-state index in [-0.39, 0.29) is 30.8 Å². The Bertz CT molecular complexity index is 620. The van der Waals surface area contributed by atoms with Gasteiger partial charge >= 0.3 is 12.1 Å². The minimum Gasteiger partial charge on any atom is -0.469 e. The number of aromatic nitrogens is 1. The van der Waals surface area contributed by atoms with Crippen molar-refractivity contribution in [2.75, 3.05) is 25.1 Å². The highest BCUT2D eigenvalue weighted by molar-refractivity contribution is 5.77. The fourth-order valence-electron chi connectivity index (χ4n) is 2.84. The van der Waals surface area contributed by atoms with Gasteiger partial charge in [-0.25, -0.2) is 4.98 Å². The fourth-order valence-corrected chi connectivity index (χ4v) is 2.84. The molecule has 1 aliphatic rings. The van der Waals surface area contributed by atoms with E-state index >= 15 is 0 Å². The van der Waals surface area contributed by atoms with Crippen LogP contribution in [0.4, 0.5) is 19.0 Å². The molecule has 2 rings (SSSR count). The number of esters is 1. The van der Waals surface area contributed by atoms with Crippen LogP contribution in [0.25, 0.3) is 0 Å². The molecule has 1 fully saturated rings. The first-order valence-corrected chi connectivity index (χ1v) is 8.44. The normalized spacial score (nSPS) is 17.7. The standard InChI is InChI=1S/C17H22F3N3O3/c1-26-16(25)6-2-5-15(24)22-13-4-3-9-23(11-13)14-8-7-12(10-21-14)17(18,19)20/h7-8,10,13H,2-6,9,11H2,1H3,(H,22,24)/t13-/m0/s1. The maximum absolute atomic E-state index is 12.6. The number of ether oxygens (including phenoxy) is 1. The molecule has 0 unspecified atom stereocenters. The number of carbonyl (C=O) groups is 2. The Morgan fingerprint density at radius 2 is 2.12 bits per heavy atom. The predicted molar refractivity (Wildman–Crippen MR) is 88.5 cm³/mol. The van der Waals surface area contributed by atoms with Crippen LogP contribution in [0, 0.1) is 0 Å². The number of nitrogens with zero attached hydrogens (tertiary/aromatic N) is 2. The number of hydrogen-bond donors (Lipinski definition) is 1. The quantitative estimate of drug-likeness (QED) is 0.776. The van der Waals surface area contributed by atoms with Crippen LogP contribution < -0.4 is 10.2 Å². The largest absolute Gasteiger partial charge is 0.469 e. The summed E-state index contributed by atoms with van der Waals surface area (Å²) < 4.78 is 42.4. The van der Waals surface area contributed by atoms with Crippen LogP contribution in [0.5, 0.6) is 0 Å². The first-order valence-electron chi connectivity index (χ1n) is 8.44. The molecule has 1 N–H and O–H groups in total. The molecule has 2 heterocycles. The zero-order chi connectivity index (χ0) is 19.2. The number of carbonyl (C=O) groups excluding carboxylic acids is 2. The molecule has 0 radical (unpaired) electrons. The van der Waals surface area contributed by atoms with E-state index in [2.05, 4.69) is 15.0 Å². The number of hydrogen-bond acceptors (Lipinski definition) is 5. The second-order valence-corrected chi connectivity index (χ2v) is 6.19. The lowest BCUT2D eigenvalue weighted by molar-refractivity contribution is -0.141. The topological polar surface area (TPSA) is 71.5 Å². The Balaban J connectivity index is 1.84. The molecule has 6 nitrogen and oxygen atoms in total. The van der Waals surface area contributed by atoms with Crippen molar-refractivity contribution in [3.05, 3.63) is 23.9 Å². The van der Waals surface area contributed by atoms with Crippen molar-refractivity contribution in [3.63, 3.8) is 0 Å². The highest BCUT2D eigenvalue weighted by Crippen LogP contribution is 2.29. The van der Waals surface area contributed by atoms with E-state index in [1.165, 1.54) is 13.2 Å². The first-order chi connectivity index (χ1) is 12.3. The molecule has 0 spiro atoms. The van der Waals surface area contributed by atoms with Crippen molar-refractivity contribution in [1.29, 1.82) is 0 Å². The van der Waals surface area contributed by atoms with Gasteiger partial charge in [0.1, 0.15) is 5.82 Å². The molecular formula is C17H22F3N3O3. The lowest BCUT2D eigenvalue weighted by Crippen LogP contribution is -2.48. The van der Waals surface area contributed by atoms with E-state index in [1.807, 2.05) is 4.90 Å². The van der Waals surface area contributed by atoms with Crippen LogP contribution >= 0.6 is 0 Å². The van der Waals surface area contributed by atoms with Gasteiger partial charge in [-0.05, 0) is 31.4 Å². The third-order valence-corrected chi connectivity index (χ3v) is 4.20. The molecule has 1 saturated heterocycles. The average Bonchev–Trinajstić information content (AvgIpc) is 2.61. The number of halogens is 3.